The predicted octanol–water partition coefficient (Wildman–Crippen LogP) is 1.00. The highest BCUT2D eigenvalue weighted by Crippen LogP contribution is 2.64. The van der Waals surface area contributed by atoms with Crippen LogP contribution in [0.25, 0.3) is 0 Å². The summed E-state index contributed by atoms with van der Waals surface area (Å²) >= 11 is 0. The molecule has 1 aliphatic heterocycles. The lowest BCUT2D eigenvalue weighted by molar-refractivity contribution is -0.151. The first-order valence-corrected chi connectivity index (χ1v) is 6.27. The molecule has 17 heavy (non-hydrogen) atoms. The van der Waals surface area contributed by atoms with Crippen LogP contribution in [0.15, 0.2) is 0 Å². The van der Waals surface area contributed by atoms with E-state index in [-0.39, 0.29) is 35.0 Å². The Kier molecular flexibility index (Phi) is 2.45. The number of hydrogen-bond acceptors (Lipinski definition) is 3. The Balaban J connectivity index is 2.33. The molecular weight excluding hydrogens is 216 g/mol. The third-order valence-corrected chi connectivity index (χ3v) is 4.97. The smallest absolute Gasteiger partial charge is 0.234 e. The molecule has 2 fully saturated rings. The van der Waals surface area contributed by atoms with Crippen molar-refractivity contribution >= 4 is 11.8 Å². The molecule has 0 spiro atoms. The lowest BCUT2D eigenvalue weighted by Gasteiger charge is -2.41. The van der Waals surface area contributed by atoms with Crippen molar-refractivity contribution in [2.75, 3.05) is 6.54 Å². The molecule has 1 saturated heterocycles. The van der Waals surface area contributed by atoms with E-state index in [1.807, 2.05) is 34.6 Å². The molecule has 0 aromatic rings. The number of carbonyl (C=O) groups excluding carboxylic acids is 2. The summed E-state index contributed by atoms with van der Waals surface area (Å²) in [7, 11) is 0. The number of rotatable bonds is 3. The monoisotopic (exact) mass is 238 g/mol. The van der Waals surface area contributed by atoms with Gasteiger partial charge in [-0.1, -0.05) is 27.7 Å². The van der Waals surface area contributed by atoms with E-state index in [4.69, 9.17) is 5.73 Å². The number of fused-ring (bicyclic) bond motifs is 1. The zero-order valence-electron chi connectivity index (χ0n) is 11.3. The molecule has 1 saturated carbocycles. The van der Waals surface area contributed by atoms with Crippen LogP contribution in [0.4, 0.5) is 0 Å². The normalized spacial score (nSPS) is 33.9. The summed E-state index contributed by atoms with van der Waals surface area (Å²) in [5.74, 6) is -0.0986. The fraction of sp³-hybridized carbons (Fsp3) is 0.846. The third kappa shape index (κ3) is 1.33. The molecular formula is C13H22N2O2. The van der Waals surface area contributed by atoms with Crippen molar-refractivity contribution in [3.05, 3.63) is 0 Å². The fourth-order valence-electron chi connectivity index (χ4n) is 3.03. The quantitative estimate of drug-likeness (QED) is 0.746. The Hall–Kier alpha value is -0.900. The lowest BCUT2D eigenvalue weighted by Crippen LogP contribution is -2.59. The van der Waals surface area contributed by atoms with Gasteiger partial charge in [-0.2, -0.15) is 0 Å². The van der Waals surface area contributed by atoms with Crippen LogP contribution in [0.5, 0.6) is 0 Å². The van der Waals surface area contributed by atoms with Crippen LogP contribution in [0.1, 0.15) is 34.6 Å². The third-order valence-electron chi connectivity index (χ3n) is 4.97. The van der Waals surface area contributed by atoms with Crippen LogP contribution < -0.4 is 5.73 Å². The van der Waals surface area contributed by atoms with E-state index in [2.05, 4.69) is 0 Å². The molecule has 4 nitrogen and oxygen atoms in total. The average molecular weight is 238 g/mol. The van der Waals surface area contributed by atoms with Gasteiger partial charge in [0.05, 0.1) is 17.4 Å². The number of nitrogens with zero attached hydrogens (tertiary/aromatic N) is 1. The summed E-state index contributed by atoms with van der Waals surface area (Å²) in [6, 6.07) is 0. The molecule has 2 N–H and O–H groups in total. The van der Waals surface area contributed by atoms with Gasteiger partial charge in [0.15, 0.2) is 0 Å². The predicted molar refractivity (Wildman–Crippen MR) is 64.9 cm³/mol. The standard InChI is InChI=1S/C13H22N2O2/c1-7(2)13(5,6-14)15-10(16)8-9(11(15)17)12(8,3)4/h7-9H,6,14H2,1-5H3. The molecule has 2 aliphatic rings. The van der Waals surface area contributed by atoms with Crippen molar-refractivity contribution in [2.24, 2.45) is 28.9 Å². The fourth-order valence-corrected chi connectivity index (χ4v) is 3.03. The highest BCUT2D eigenvalue weighted by atomic mass is 16.2. The molecule has 0 bridgehead atoms. The molecule has 96 valence electrons. The minimum Gasteiger partial charge on any atom is -0.328 e. The minimum absolute atomic E-state index is 0.0216. The highest BCUT2D eigenvalue weighted by Gasteiger charge is 2.74. The van der Waals surface area contributed by atoms with Gasteiger partial charge in [0, 0.05) is 6.54 Å². The second kappa shape index (κ2) is 3.31. The zero-order chi connectivity index (χ0) is 13.2. The summed E-state index contributed by atoms with van der Waals surface area (Å²) in [6.07, 6.45) is 0. The lowest BCUT2D eigenvalue weighted by atomic mass is 9.85. The van der Waals surface area contributed by atoms with E-state index in [0.29, 0.717) is 6.54 Å². The van der Waals surface area contributed by atoms with E-state index in [1.165, 1.54) is 4.90 Å². The summed E-state index contributed by atoms with van der Waals surface area (Å²) in [6.45, 7) is 10.2. The summed E-state index contributed by atoms with van der Waals surface area (Å²) < 4.78 is 0. The Morgan fingerprint density at radius 2 is 1.71 bits per heavy atom. The van der Waals surface area contributed by atoms with Crippen molar-refractivity contribution in [1.82, 2.24) is 4.90 Å². The van der Waals surface area contributed by atoms with Crippen LogP contribution in [-0.2, 0) is 9.59 Å². The molecule has 4 heteroatoms. The van der Waals surface area contributed by atoms with E-state index in [1.54, 1.807) is 0 Å². The van der Waals surface area contributed by atoms with E-state index in [0.717, 1.165) is 0 Å². The first-order chi connectivity index (χ1) is 7.69. The van der Waals surface area contributed by atoms with Gasteiger partial charge in [-0.3, -0.25) is 14.5 Å². The number of carbonyl (C=O) groups is 2. The SMILES string of the molecule is CC(C)C(C)(CN)N1C(=O)C2C(C1=O)C2(C)C. The van der Waals surface area contributed by atoms with Crippen LogP contribution >= 0.6 is 0 Å². The van der Waals surface area contributed by atoms with Gasteiger partial charge >= 0.3 is 0 Å². The summed E-state index contributed by atoms with van der Waals surface area (Å²) in [5.41, 5.74) is 5.11. The average Bonchev–Trinajstić information content (AvgIpc) is 2.67. The maximum absolute atomic E-state index is 12.3. The van der Waals surface area contributed by atoms with Gasteiger partial charge in [-0.05, 0) is 18.3 Å². The Morgan fingerprint density at radius 3 is 2.00 bits per heavy atom. The molecule has 0 aromatic carbocycles. The minimum atomic E-state index is -0.544. The number of amides is 2. The Labute approximate surface area is 103 Å². The van der Waals surface area contributed by atoms with Gasteiger partial charge in [0.25, 0.3) is 0 Å². The molecule has 0 aromatic heterocycles. The van der Waals surface area contributed by atoms with Gasteiger partial charge in [-0.15, -0.1) is 0 Å². The van der Waals surface area contributed by atoms with E-state index < -0.39 is 5.54 Å². The summed E-state index contributed by atoms with van der Waals surface area (Å²) in [5, 5.41) is 0. The Morgan fingerprint density at radius 1 is 1.29 bits per heavy atom. The molecule has 1 aliphatic carbocycles. The molecule has 2 amide bonds. The molecule has 0 radical (unpaired) electrons. The molecule has 2 rings (SSSR count). The number of piperidine rings is 1. The second-order valence-corrected chi connectivity index (χ2v) is 6.50. The van der Waals surface area contributed by atoms with Crippen molar-refractivity contribution < 1.29 is 9.59 Å². The van der Waals surface area contributed by atoms with Crippen molar-refractivity contribution in [1.29, 1.82) is 0 Å². The van der Waals surface area contributed by atoms with Crippen LogP contribution in [-0.4, -0.2) is 28.8 Å². The van der Waals surface area contributed by atoms with Gasteiger partial charge in [0.2, 0.25) is 11.8 Å². The maximum atomic E-state index is 12.3. The van der Waals surface area contributed by atoms with Gasteiger partial charge in [0.1, 0.15) is 0 Å². The van der Waals surface area contributed by atoms with E-state index >= 15 is 0 Å². The van der Waals surface area contributed by atoms with Crippen molar-refractivity contribution in [2.45, 2.75) is 40.2 Å². The number of hydrogen-bond donors (Lipinski definition) is 1. The maximum Gasteiger partial charge on any atom is 0.234 e. The number of nitrogens with two attached hydrogens (primary N) is 1. The first kappa shape index (κ1) is 12.6. The van der Waals surface area contributed by atoms with E-state index in [9.17, 15) is 9.59 Å². The molecule has 1 heterocycles. The number of imide groups is 1. The topological polar surface area (TPSA) is 63.4 Å². The molecule has 3 atom stereocenters. The van der Waals surface area contributed by atoms with Crippen molar-refractivity contribution in [3.63, 3.8) is 0 Å². The van der Waals surface area contributed by atoms with Crippen LogP contribution in [0.2, 0.25) is 0 Å². The second-order valence-electron chi connectivity index (χ2n) is 6.50. The number of likely N-dealkylation sites (tertiary alicyclic amines) is 1. The van der Waals surface area contributed by atoms with Crippen molar-refractivity contribution in [3.8, 4) is 0 Å². The largest absolute Gasteiger partial charge is 0.328 e. The van der Waals surface area contributed by atoms with Gasteiger partial charge < -0.3 is 5.73 Å². The van der Waals surface area contributed by atoms with Crippen LogP contribution in [0.3, 0.4) is 0 Å². The summed E-state index contributed by atoms with van der Waals surface area (Å²) in [4.78, 5) is 26.1. The zero-order valence-corrected chi connectivity index (χ0v) is 11.3. The molecule has 3 unspecified atom stereocenters. The highest BCUT2D eigenvalue weighted by molar-refractivity contribution is 6.11. The van der Waals surface area contributed by atoms with Crippen LogP contribution in [0, 0.1) is 23.2 Å². The Bertz CT molecular complexity index is 365. The van der Waals surface area contributed by atoms with Gasteiger partial charge in [-0.25, -0.2) is 0 Å². The first-order valence-electron chi connectivity index (χ1n) is 6.27.